The van der Waals surface area contributed by atoms with Crippen molar-refractivity contribution < 1.29 is 9.59 Å². The van der Waals surface area contributed by atoms with Crippen molar-refractivity contribution in [3.05, 3.63) is 0 Å². The summed E-state index contributed by atoms with van der Waals surface area (Å²) < 4.78 is 0. The molecule has 0 spiro atoms. The van der Waals surface area contributed by atoms with Crippen molar-refractivity contribution >= 4 is 24.2 Å². The van der Waals surface area contributed by atoms with E-state index in [1.54, 1.807) is 0 Å². The van der Waals surface area contributed by atoms with Crippen LogP contribution in [-0.4, -0.2) is 42.4 Å². The minimum Gasteiger partial charge on any atom is -0.353 e. The van der Waals surface area contributed by atoms with Gasteiger partial charge in [0.1, 0.15) is 0 Å². The molecule has 0 aromatic heterocycles. The lowest BCUT2D eigenvalue weighted by Crippen LogP contribution is -2.39. The van der Waals surface area contributed by atoms with Crippen LogP contribution in [0.5, 0.6) is 0 Å². The highest BCUT2D eigenvalue weighted by Crippen LogP contribution is 2.24. The number of hydrogen-bond donors (Lipinski definition) is 2. The summed E-state index contributed by atoms with van der Waals surface area (Å²) in [4.78, 5) is 26.0. The molecule has 1 aliphatic rings. The Labute approximate surface area is 147 Å². The Kier molecular flexibility index (Phi) is 12.1. The molecule has 0 radical (unpaired) electrons. The number of amides is 2. The molecular formula is C17H34ClN3O2. The van der Waals surface area contributed by atoms with Gasteiger partial charge in [0.05, 0.1) is 0 Å². The van der Waals surface area contributed by atoms with Crippen molar-refractivity contribution in [2.45, 2.75) is 71.3 Å². The van der Waals surface area contributed by atoms with Crippen LogP contribution in [0.1, 0.15) is 65.2 Å². The Hall–Kier alpha value is -0.810. The van der Waals surface area contributed by atoms with Crippen LogP contribution in [0.2, 0.25) is 0 Å². The van der Waals surface area contributed by atoms with Gasteiger partial charge in [-0.25, -0.2) is 0 Å². The topological polar surface area (TPSA) is 75.4 Å². The lowest BCUT2D eigenvalue weighted by molar-refractivity contribution is -0.131. The molecule has 136 valence electrons. The van der Waals surface area contributed by atoms with E-state index in [0.717, 1.165) is 45.2 Å². The third kappa shape index (κ3) is 8.02. The second-order valence-electron chi connectivity index (χ2n) is 6.34. The van der Waals surface area contributed by atoms with Crippen molar-refractivity contribution in [1.82, 2.24) is 10.2 Å². The smallest absolute Gasteiger partial charge is 0.222 e. The molecule has 0 aromatic rings. The zero-order valence-electron chi connectivity index (χ0n) is 14.7. The van der Waals surface area contributed by atoms with Gasteiger partial charge in [0.25, 0.3) is 0 Å². The van der Waals surface area contributed by atoms with Crippen molar-refractivity contribution in [3.63, 3.8) is 0 Å². The van der Waals surface area contributed by atoms with Crippen LogP contribution in [-0.2, 0) is 9.59 Å². The zero-order valence-corrected chi connectivity index (χ0v) is 15.5. The highest BCUT2D eigenvalue weighted by atomic mass is 35.5. The lowest BCUT2D eigenvalue weighted by Gasteiger charge is -2.22. The second-order valence-corrected chi connectivity index (χ2v) is 6.34. The fraction of sp³-hybridized carbons (Fsp3) is 0.882. The number of hydrogen-bond acceptors (Lipinski definition) is 3. The summed E-state index contributed by atoms with van der Waals surface area (Å²) in [5.74, 6) is 0.670. The van der Waals surface area contributed by atoms with Gasteiger partial charge < -0.3 is 16.0 Å². The summed E-state index contributed by atoms with van der Waals surface area (Å²) >= 11 is 0. The van der Waals surface area contributed by atoms with E-state index in [1.165, 1.54) is 0 Å². The molecule has 0 saturated heterocycles. The molecule has 6 heteroatoms. The van der Waals surface area contributed by atoms with Crippen LogP contribution in [0.4, 0.5) is 0 Å². The van der Waals surface area contributed by atoms with Crippen molar-refractivity contribution in [3.8, 4) is 0 Å². The first-order valence-electron chi connectivity index (χ1n) is 8.89. The monoisotopic (exact) mass is 347 g/mol. The summed E-state index contributed by atoms with van der Waals surface area (Å²) in [6, 6.07) is 0.241. The summed E-state index contributed by atoms with van der Waals surface area (Å²) in [6.45, 7) is 6.45. The largest absolute Gasteiger partial charge is 0.353 e. The molecule has 1 fully saturated rings. The lowest BCUT2D eigenvalue weighted by atomic mass is 10.0. The van der Waals surface area contributed by atoms with E-state index >= 15 is 0 Å². The molecule has 1 saturated carbocycles. The first-order valence-corrected chi connectivity index (χ1v) is 8.89. The molecule has 0 aliphatic heterocycles. The van der Waals surface area contributed by atoms with Gasteiger partial charge in [-0.1, -0.05) is 20.3 Å². The Morgan fingerprint density at radius 1 is 1.13 bits per heavy atom. The zero-order chi connectivity index (χ0) is 16.4. The first kappa shape index (κ1) is 22.2. The van der Waals surface area contributed by atoms with E-state index < -0.39 is 0 Å². The minimum absolute atomic E-state index is 0. The third-order valence-electron chi connectivity index (χ3n) is 4.44. The van der Waals surface area contributed by atoms with Gasteiger partial charge in [-0.3, -0.25) is 9.59 Å². The van der Waals surface area contributed by atoms with Crippen LogP contribution >= 0.6 is 12.4 Å². The molecule has 2 amide bonds. The van der Waals surface area contributed by atoms with Crippen LogP contribution < -0.4 is 11.1 Å². The maximum Gasteiger partial charge on any atom is 0.222 e. The fourth-order valence-corrected chi connectivity index (χ4v) is 3.25. The van der Waals surface area contributed by atoms with Crippen molar-refractivity contribution in [1.29, 1.82) is 0 Å². The minimum atomic E-state index is 0. The number of rotatable bonds is 10. The van der Waals surface area contributed by atoms with E-state index in [2.05, 4.69) is 19.2 Å². The molecular weight excluding hydrogens is 314 g/mol. The number of carbonyl (C=O) groups is 2. The van der Waals surface area contributed by atoms with Crippen molar-refractivity contribution in [2.75, 3.05) is 19.6 Å². The van der Waals surface area contributed by atoms with E-state index in [4.69, 9.17) is 5.73 Å². The summed E-state index contributed by atoms with van der Waals surface area (Å²) in [7, 11) is 0. The molecule has 1 rings (SSSR count). The van der Waals surface area contributed by atoms with Crippen LogP contribution in [0.3, 0.4) is 0 Å². The molecule has 2 atom stereocenters. The Morgan fingerprint density at radius 3 is 2.35 bits per heavy atom. The molecule has 0 aromatic carbocycles. The number of nitrogens with zero attached hydrogens (tertiary/aromatic N) is 1. The Balaban J connectivity index is 0.00000484. The maximum atomic E-state index is 12.1. The maximum absolute atomic E-state index is 12.1. The molecule has 2 unspecified atom stereocenters. The quantitative estimate of drug-likeness (QED) is 0.637. The average Bonchev–Trinajstić information content (AvgIpc) is 2.94. The summed E-state index contributed by atoms with van der Waals surface area (Å²) in [6.07, 6.45) is 6.80. The van der Waals surface area contributed by atoms with E-state index in [0.29, 0.717) is 31.7 Å². The molecule has 3 N–H and O–H groups in total. The summed E-state index contributed by atoms with van der Waals surface area (Å²) in [5.41, 5.74) is 5.73. The average molecular weight is 348 g/mol. The number of halogens is 1. The van der Waals surface area contributed by atoms with E-state index in [-0.39, 0.29) is 30.3 Å². The molecule has 1 aliphatic carbocycles. The Bertz CT molecular complexity index is 347. The normalized spacial score (nSPS) is 20.0. The van der Waals surface area contributed by atoms with Gasteiger partial charge in [-0.2, -0.15) is 0 Å². The molecule has 0 heterocycles. The summed E-state index contributed by atoms with van der Waals surface area (Å²) in [5, 5.41) is 3.09. The number of carbonyl (C=O) groups excluding carboxylic acids is 2. The van der Waals surface area contributed by atoms with Crippen molar-refractivity contribution in [2.24, 2.45) is 11.7 Å². The fourth-order valence-electron chi connectivity index (χ4n) is 3.25. The SMILES string of the molecule is CCCN(CCC)C(=O)CCCC(=O)NC1CCCC1CN.Cl. The van der Waals surface area contributed by atoms with Crippen LogP contribution in [0.15, 0.2) is 0 Å². The Morgan fingerprint density at radius 2 is 1.78 bits per heavy atom. The molecule has 5 nitrogen and oxygen atoms in total. The van der Waals surface area contributed by atoms with E-state index in [1.807, 2.05) is 4.90 Å². The number of nitrogens with one attached hydrogen (secondary N) is 1. The molecule has 0 bridgehead atoms. The van der Waals surface area contributed by atoms with Gasteiger partial charge in [-0.05, 0) is 44.6 Å². The van der Waals surface area contributed by atoms with Gasteiger partial charge >= 0.3 is 0 Å². The first-order chi connectivity index (χ1) is 10.6. The predicted molar refractivity (Wildman–Crippen MR) is 96.6 cm³/mol. The van der Waals surface area contributed by atoms with Crippen LogP contribution in [0, 0.1) is 5.92 Å². The standard InChI is InChI=1S/C17H33N3O2.ClH/c1-3-11-20(12-4-2)17(22)10-6-9-16(21)19-15-8-5-7-14(15)13-18;/h14-15H,3-13,18H2,1-2H3,(H,19,21);1H. The molecule has 23 heavy (non-hydrogen) atoms. The second kappa shape index (κ2) is 12.6. The van der Waals surface area contributed by atoms with Gasteiger partial charge in [-0.15, -0.1) is 12.4 Å². The predicted octanol–water partition coefficient (Wildman–Crippen LogP) is 2.47. The highest BCUT2D eigenvalue weighted by Gasteiger charge is 2.27. The van der Waals surface area contributed by atoms with Gasteiger partial charge in [0.2, 0.25) is 11.8 Å². The third-order valence-corrected chi connectivity index (χ3v) is 4.44. The van der Waals surface area contributed by atoms with Gasteiger partial charge in [0, 0.05) is 32.0 Å². The highest BCUT2D eigenvalue weighted by molar-refractivity contribution is 5.85. The van der Waals surface area contributed by atoms with Gasteiger partial charge in [0.15, 0.2) is 0 Å². The number of nitrogens with two attached hydrogens (primary N) is 1. The van der Waals surface area contributed by atoms with E-state index in [9.17, 15) is 9.59 Å². The van der Waals surface area contributed by atoms with Crippen LogP contribution in [0.25, 0.3) is 0 Å².